The van der Waals surface area contributed by atoms with Crippen molar-refractivity contribution in [2.45, 2.75) is 0 Å². The summed E-state index contributed by atoms with van der Waals surface area (Å²) in [6, 6.07) is 0. The number of rotatable bonds is 0. The predicted molar refractivity (Wildman–Crippen MR) is 32.6 cm³/mol. The standard InChI is InChI=1S/C3H2NOS2/c5-2-3(6)7-1-4-2/h1H,(H,4,5). The Morgan fingerprint density at radius 3 is 2.71 bits per heavy atom. The largest absolute Gasteiger partial charge is 0.336 e. The average Bonchev–Trinajstić information content (AvgIpc) is 1.91. The Bertz CT molecular complexity index is 108. The van der Waals surface area contributed by atoms with Crippen molar-refractivity contribution < 1.29 is 4.79 Å². The highest BCUT2D eigenvalue weighted by Gasteiger charge is 2.15. The lowest BCUT2D eigenvalue weighted by atomic mass is 10.7. The van der Waals surface area contributed by atoms with Crippen LogP contribution in [0.5, 0.6) is 0 Å². The van der Waals surface area contributed by atoms with Crippen molar-refractivity contribution in [1.29, 1.82) is 0 Å². The Labute approximate surface area is 50.7 Å². The summed E-state index contributed by atoms with van der Waals surface area (Å²) < 4.78 is 0.403. The van der Waals surface area contributed by atoms with E-state index in [-0.39, 0.29) is 5.91 Å². The van der Waals surface area contributed by atoms with Crippen LogP contribution in [0.3, 0.4) is 0 Å². The maximum atomic E-state index is 10.3. The third kappa shape index (κ3) is 0.920. The monoisotopic (exact) mass is 132 g/mol. The number of hydrogen-bond donors (Lipinski definition) is 1. The molecule has 0 unspecified atom stereocenters. The lowest BCUT2D eigenvalue weighted by Gasteiger charge is -1.78. The highest BCUT2D eigenvalue weighted by Crippen LogP contribution is 2.12. The van der Waals surface area contributed by atoms with Crippen molar-refractivity contribution in [3.63, 3.8) is 0 Å². The molecule has 0 atom stereocenters. The molecule has 1 N–H and O–H groups in total. The summed E-state index contributed by atoms with van der Waals surface area (Å²) >= 11 is 5.81. The molecule has 4 heteroatoms. The maximum Gasteiger partial charge on any atom is 0.269 e. The molecular weight excluding hydrogens is 130 g/mol. The molecule has 1 amide bonds. The minimum Gasteiger partial charge on any atom is -0.336 e. The SMILES string of the molecule is O=C1N[CH]SC1=S. The molecule has 0 aromatic heterocycles. The lowest BCUT2D eigenvalue weighted by molar-refractivity contribution is -0.113. The van der Waals surface area contributed by atoms with Crippen molar-refractivity contribution in [3.05, 3.63) is 5.88 Å². The fourth-order valence-corrected chi connectivity index (χ4v) is 0.891. The van der Waals surface area contributed by atoms with Gasteiger partial charge in [0.2, 0.25) is 0 Å². The topological polar surface area (TPSA) is 29.1 Å². The van der Waals surface area contributed by atoms with E-state index in [9.17, 15) is 4.79 Å². The molecule has 1 aliphatic heterocycles. The molecule has 0 aromatic rings. The van der Waals surface area contributed by atoms with Crippen molar-refractivity contribution >= 4 is 34.1 Å². The van der Waals surface area contributed by atoms with Gasteiger partial charge in [-0.3, -0.25) is 4.79 Å². The molecular formula is C3H2NOS2. The third-order valence-electron chi connectivity index (χ3n) is 0.541. The van der Waals surface area contributed by atoms with Crippen LogP contribution in [0.4, 0.5) is 0 Å². The predicted octanol–water partition coefficient (Wildman–Crippen LogP) is 0.296. The van der Waals surface area contributed by atoms with Gasteiger partial charge < -0.3 is 5.32 Å². The van der Waals surface area contributed by atoms with Crippen LogP contribution in [0.2, 0.25) is 0 Å². The normalized spacial score (nSPS) is 20.0. The quantitative estimate of drug-likeness (QED) is 0.480. The summed E-state index contributed by atoms with van der Waals surface area (Å²) in [5.41, 5.74) is 0. The van der Waals surface area contributed by atoms with Crippen LogP contribution in [0.1, 0.15) is 0 Å². The second kappa shape index (κ2) is 1.79. The zero-order valence-corrected chi connectivity index (χ0v) is 4.94. The van der Waals surface area contributed by atoms with E-state index in [1.54, 1.807) is 5.88 Å². The van der Waals surface area contributed by atoms with E-state index in [0.717, 1.165) is 0 Å². The number of nitrogens with one attached hydrogen (secondary N) is 1. The van der Waals surface area contributed by atoms with E-state index >= 15 is 0 Å². The molecule has 1 heterocycles. The maximum absolute atomic E-state index is 10.3. The Morgan fingerprint density at radius 2 is 2.57 bits per heavy atom. The number of carbonyl (C=O) groups is 1. The summed E-state index contributed by atoms with van der Waals surface area (Å²) in [7, 11) is 0. The Balaban J connectivity index is 2.65. The summed E-state index contributed by atoms with van der Waals surface area (Å²) in [6.45, 7) is 0. The molecule has 1 radical (unpaired) electrons. The summed E-state index contributed by atoms with van der Waals surface area (Å²) in [5.74, 6) is 1.42. The summed E-state index contributed by atoms with van der Waals surface area (Å²) in [4.78, 5) is 10.3. The second-order valence-corrected chi connectivity index (χ2v) is 2.54. The first kappa shape index (κ1) is 5.05. The molecule has 0 spiro atoms. The number of hydrogen-bond acceptors (Lipinski definition) is 3. The van der Waals surface area contributed by atoms with E-state index in [1.807, 2.05) is 0 Å². The third-order valence-corrected chi connectivity index (χ3v) is 1.65. The summed E-state index contributed by atoms with van der Waals surface area (Å²) in [5, 5.41) is 2.43. The Morgan fingerprint density at radius 1 is 1.86 bits per heavy atom. The van der Waals surface area contributed by atoms with Crippen LogP contribution in [-0.4, -0.2) is 10.1 Å². The van der Waals surface area contributed by atoms with E-state index in [1.165, 1.54) is 11.8 Å². The van der Waals surface area contributed by atoms with E-state index in [0.29, 0.717) is 4.20 Å². The molecule has 1 fully saturated rings. The minimum absolute atomic E-state index is 0.153. The Hall–Kier alpha value is -0.0900. The number of carbonyl (C=O) groups excluding carboxylic acids is 1. The highest BCUT2D eigenvalue weighted by molar-refractivity contribution is 8.27. The van der Waals surface area contributed by atoms with Gasteiger partial charge in [0.15, 0.2) is 0 Å². The van der Waals surface area contributed by atoms with Gasteiger partial charge in [0, 0.05) is 0 Å². The van der Waals surface area contributed by atoms with Gasteiger partial charge in [-0.2, -0.15) is 0 Å². The molecule has 0 bridgehead atoms. The Kier molecular flexibility index (Phi) is 1.30. The van der Waals surface area contributed by atoms with Gasteiger partial charge in [0.1, 0.15) is 10.1 Å². The van der Waals surface area contributed by atoms with E-state index in [2.05, 4.69) is 17.5 Å². The van der Waals surface area contributed by atoms with Gasteiger partial charge in [-0.25, -0.2) is 0 Å². The van der Waals surface area contributed by atoms with Gasteiger partial charge in [-0.1, -0.05) is 24.0 Å². The van der Waals surface area contributed by atoms with Crippen LogP contribution >= 0.6 is 24.0 Å². The van der Waals surface area contributed by atoms with Gasteiger partial charge >= 0.3 is 0 Å². The summed E-state index contributed by atoms with van der Waals surface area (Å²) in [6.07, 6.45) is 0. The van der Waals surface area contributed by atoms with Crippen LogP contribution in [0, 0.1) is 5.88 Å². The van der Waals surface area contributed by atoms with Crippen molar-refractivity contribution in [1.82, 2.24) is 5.32 Å². The highest BCUT2D eigenvalue weighted by atomic mass is 32.2. The first-order chi connectivity index (χ1) is 3.30. The molecule has 2 nitrogen and oxygen atoms in total. The molecule has 7 heavy (non-hydrogen) atoms. The van der Waals surface area contributed by atoms with E-state index in [4.69, 9.17) is 0 Å². The fraction of sp³-hybridized carbons (Fsp3) is 0. The average molecular weight is 132 g/mol. The first-order valence-electron chi connectivity index (χ1n) is 1.64. The molecule has 0 saturated carbocycles. The molecule has 1 rings (SSSR count). The van der Waals surface area contributed by atoms with Crippen molar-refractivity contribution in [2.24, 2.45) is 0 Å². The molecule has 1 aliphatic rings. The molecule has 0 aromatic carbocycles. The second-order valence-electron chi connectivity index (χ2n) is 0.997. The fourth-order valence-electron chi connectivity index (χ4n) is 0.249. The number of thioether (sulfide) groups is 1. The van der Waals surface area contributed by atoms with Crippen LogP contribution in [-0.2, 0) is 4.79 Å². The van der Waals surface area contributed by atoms with Crippen LogP contribution in [0.25, 0.3) is 0 Å². The molecule has 0 aliphatic carbocycles. The van der Waals surface area contributed by atoms with Gasteiger partial charge in [0.05, 0.1) is 0 Å². The van der Waals surface area contributed by atoms with Gasteiger partial charge in [-0.05, 0) is 0 Å². The first-order valence-corrected chi connectivity index (χ1v) is 2.92. The number of thiocarbonyl (C=S) groups is 1. The smallest absolute Gasteiger partial charge is 0.269 e. The minimum atomic E-state index is -0.153. The van der Waals surface area contributed by atoms with Crippen LogP contribution in [0.15, 0.2) is 0 Å². The molecule has 37 valence electrons. The van der Waals surface area contributed by atoms with Crippen molar-refractivity contribution in [2.75, 3.05) is 0 Å². The van der Waals surface area contributed by atoms with Gasteiger partial charge in [0.25, 0.3) is 5.91 Å². The lowest BCUT2D eigenvalue weighted by Crippen LogP contribution is -2.15. The van der Waals surface area contributed by atoms with Crippen LogP contribution < -0.4 is 5.32 Å². The zero-order chi connectivity index (χ0) is 5.28. The van der Waals surface area contributed by atoms with Gasteiger partial charge in [-0.15, -0.1) is 0 Å². The molecule has 1 saturated heterocycles. The van der Waals surface area contributed by atoms with E-state index < -0.39 is 0 Å². The van der Waals surface area contributed by atoms with Crippen molar-refractivity contribution in [3.8, 4) is 0 Å². The zero-order valence-electron chi connectivity index (χ0n) is 3.30. The number of amides is 1.